The first-order valence-corrected chi connectivity index (χ1v) is 8.20. The number of rotatable bonds is 6. The minimum atomic E-state index is -0.852. The number of aliphatic carboxylic acids is 1. The Labute approximate surface area is 145 Å². The maximum atomic E-state index is 11.0. The number of hydrogen-bond acceptors (Lipinski definition) is 2. The highest BCUT2D eigenvalue weighted by atomic mass is 35.5. The minimum Gasteiger partial charge on any atom is -0.480 e. The van der Waals surface area contributed by atoms with Gasteiger partial charge >= 0.3 is 5.97 Å². The van der Waals surface area contributed by atoms with Crippen molar-refractivity contribution in [2.75, 3.05) is 0 Å². The Kier molecular flexibility index (Phi) is 4.88. The van der Waals surface area contributed by atoms with E-state index in [2.05, 4.69) is 28.2 Å². The minimum absolute atomic E-state index is 0.503. The average molecular weight is 343 g/mol. The van der Waals surface area contributed by atoms with Crippen molar-refractivity contribution in [2.45, 2.75) is 26.1 Å². The molecule has 0 aliphatic carbocycles. The van der Waals surface area contributed by atoms with Gasteiger partial charge in [0, 0.05) is 35.2 Å². The molecule has 0 spiro atoms. The van der Waals surface area contributed by atoms with Crippen molar-refractivity contribution in [2.24, 2.45) is 0 Å². The van der Waals surface area contributed by atoms with Crippen LogP contribution in [0.4, 0.5) is 0 Å². The van der Waals surface area contributed by atoms with Crippen molar-refractivity contribution in [3.05, 3.63) is 70.9 Å². The molecule has 0 amide bonds. The lowest BCUT2D eigenvalue weighted by molar-refractivity contribution is -0.139. The third-order valence-electron chi connectivity index (χ3n) is 4.14. The molecule has 0 bridgehead atoms. The molecular formula is C19H19ClN2O2. The number of halogens is 1. The van der Waals surface area contributed by atoms with Gasteiger partial charge in [0.05, 0.1) is 0 Å². The molecular weight excluding hydrogens is 324 g/mol. The molecule has 2 aromatic carbocycles. The lowest BCUT2D eigenvalue weighted by Crippen LogP contribution is -2.33. The standard InChI is InChI=1S/C19H19ClN2O2/c1-13(19(23)24)21-10-15-12-22(18-9-5-3-7-16(15)18)11-14-6-2-4-8-17(14)20/h2-9,12-13,21H,10-11H2,1H3,(H,23,24). The van der Waals surface area contributed by atoms with E-state index in [1.165, 1.54) is 0 Å². The number of carboxylic acids is 1. The Morgan fingerprint density at radius 2 is 1.88 bits per heavy atom. The zero-order chi connectivity index (χ0) is 17.1. The van der Waals surface area contributed by atoms with E-state index in [0.717, 1.165) is 27.1 Å². The van der Waals surface area contributed by atoms with Gasteiger partial charge < -0.3 is 15.0 Å². The topological polar surface area (TPSA) is 54.3 Å². The van der Waals surface area contributed by atoms with E-state index in [1.807, 2.05) is 36.4 Å². The molecule has 0 aliphatic rings. The second-order valence-electron chi connectivity index (χ2n) is 5.83. The van der Waals surface area contributed by atoms with Gasteiger partial charge in [-0.2, -0.15) is 0 Å². The van der Waals surface area contributed by atoms with Crippen LogP contribution in [0.2, 0.25) is 5.02 Å². The zero-order valence-corrected chi connectivity index (χ0v) is 14.1. The summed E-state index contributed by atoms with van der Waals surface area (Å²) in [6.07, 6.45) is 2.07. The predicted molar refractivity (Wildman–Crippen MR) is 96.4 cm³/mol. The second kappa shape index (κ2) is 7.07. The van der Waals surface area contributed by atoms with E-state index in [9.17, 15) is 4.79 Å². The van der Waals surface area contributed by atoms with Crippen molar-refractivity contribution < 1.29 is 9.90 Å². The number of carboxylic acid groups (broad SMARTS) is 1. The van der Waals surface area contributed by atoms with Crippen LogP contribution in [0.1, 0.15) is 18.1 Å². The van der Waals surface area contributed by atoms with Crippen molar-refractivity contribution >= 4 is 28.5 Å². The summed E-state index contributed by atoms with van der Waals surface area (Å²) in [5.41, 5.74) is 3.24. The maximum absolute atomic E-state index is 11.0. The molecule has 0 saturated heterocycles. The highest BCUT2D eigenvalue weighted by Gasteiger charge is 2.13. The number of carbonyl (C=O) groups is 1. The summed E-state index contributed by atoms with van der Waals surface area (Å²) < 4.78 is 2.15. The number of para-hydroxylation sites is 1. The maximum Gasteiger partial charge on any atom is 0.320 e. The molecule has 1 atom stereocenters. The first kappa shape index (κ1) is 16.6. The fraction of sp³-hybridized carbons (Fsp3) is 0.211. The number of hydrogen-bond donors (Lipinski definition) is 2. The third-order valence-corrected chi connectivity index (χ3v) is 4.51. The molecule has 124 valence electrons. The molecule has 0 saturated carbocycles. The van der Waals surface area contributed by atoms with Gasteiger partial charge in [-0.25, -0.2) is 0 Å². The molecule has 1 unspecified atom stereocenters. The molecule has 5 heteroatoms. The van der Waals surface area contributed by atoms with Gasteiger partial charge in [-0.3, -0.25) is 4.79 Å². The molecule has 0 aliphatic heterocycles. The molecule has 0 fully saturated rings. The van der Waals surface area contributed by atoms with Crippen LogP contribution in [0.25, 0.3) is 10.9 Å². The fourth-order valence-electron chi connectivity index (χ4n) is 2.76. The van der Waals surface area contributed by atoms with Crippen LogP contribution in [-0.4, -0.2) is 21.7 Å². The Balaban J connectivity index is 1.92. The largest absolute Gasteiger partial charge is 0.480 e. The van der Waals surface area contributed by atoms with Gasteiger partial charge in [-0.15, -0.1) is 0 Å². The number of nitrogens with zero attached hydrogens (tertiary/aromatic N) is 1. The van der Waals surface area contributed by atoms with Crippen LogP contribution in [0, 0.1) is 0 Å². The summed E-state index contributed by atoms with van der Waals surface area (Å²) in [5, 5.41) is 13.9. The lowest BCUT2D eigenvalue weighted by Gasteiger charge is -2.08. The summed E-state index contributed by atoms with van der Waals surface area (Å²) in [7, 11) is 0. The first-order chi connectivity index (χ1) is 11.6. The molecule has 2 N–H and O–H groups in total. The number of fused-ring (bicyclic) bond motifs is 1. The van der Waals surface area contributed by atoms with Crippen molar-refractivity contribution in [3.63, 3.8) is 0 Å². The van der Waals surface area contributed by atoms with Crippen molar-refractivity contribution in [1.82, 2.24) is 9.88 Å². The molecule has 0 radical (unpaired) electrons. The first-order valence-electron chi connectivity index (χ1n) is 7.82. The third kappa shape index (κ3) is 3.45. The average Bonchev–Trinajstić information content (AvgIpc) is 2.93. The van der Waals surface area contributed by atoms with E-state index in [0.29, 0.717) is 13.1 Å². The second-order valence-corrected chi connectivity index (χ2v) is 6.24. The van der Waals surface area contributed by atoms with Crippen molar-refractivity contribution in [1.29, 1.82) is 0 Å². The van der Waals surface area contributed by atoms with Crippen LogP contribution in [0.15, 0.2) is 54.7 Å². The zero-order valence-electron chi connectivity index (χ0n) is 13.4. The van der Waals surface area contributed by atoms with E-state index in [-0.39, 0.29) is 0 Å². The van der Waals surface area contributed by atoms with E-state index in [4.69, 9.17) is 16.7 Å². The fourth-order valence-corrected chi connectivity index (χ4v) is 2.95. The van der Waals surface area contributed by atoms with Gasteiger partial charge in [0.1, 0.15) is 6.04 Å². The summed E-state index contributed by atoms with van der Waals surface area (Å²) in [4.78, 5) is 11.0. The summed E-state index contributed by atoms with van der Waals surface area (Å²) >= 11 is 6.28. The molecule has 3 rings (SSSR count). The van der Waals surface area contributed by atoms with Gasteiger partial charge in [0.2, 0.25) is 0 Å². The van der Waals surface area contributed by atoms with Gasteiger partial charge in [-0.05, 0) is 30.2 Å². The number of nitrogens with one attached hydrogen (secondary N) is 1. The highest BCUT2D eigenvalue weighted by Crippen LogP contribution is 2.24. The summed E-state index contributed by atoms with van der Waals surface area (Å²) in [5.74, 6) is -0.852. The van der Waals surface area contributed by atoms with Crippen molar-refractivity contribution in [3.8, 4) is 0 Å². The Morgan fingerprint density at radius 1 is 1.17 bits per heavy atom. The molecule has 4 nitrogen and oxygen atoms in total. The van der Waals surface area contributed by atoms with Crippen LogP contribution in [0.5, 0.6) is 0 Å². The van der Waals surface area contributed by atoms with Crippen LogP contribution < -0.4 is 5.32 Å². The normalized spacial score (nSPS) is 12.4. The van der Waals surface area contributed by atoms with Crippen LogP contribution in [-0.2, 0) is 17.9 Å². The summed E-state index contributed by atoms with van der Waals surface area (Å²) in [6, 6.07) is 15.3. The Hall–Kier alpha value is -2.30. The quantitative estimate of drug-likeness (QED) is 0.714. The van der Waals surface area contributed by atoms with Gasteiger partial charge in [0.25, 0.3) is 0 Å². The smallest absolute Gasteiger partial charge is 0.320 e. The molecule has 1 aromatic heterocycles. The van der Waals surface area contributed by atoms with Gasteiger partial charge in [-0.1, -0.05) is 48.0 Å². The van der Waals surface area contributed by atoms with E-state index >= 15 is 0 Å². The van der Waals surface area contributed by atoms with Gasteiger partial charge in [0.15, 0.2) is 0 Å². The molecule has 3 aromatic rings. The number of aromatic nitrogens is 1. The molecule has 24 heavy (non-hydrogen) atoms. The Morgan fingerprint density at radius 3 is 2.62 bits per heavy atom. The predicted octanol–water partition coefficient (Wildman–Crippen LogP) is 3.91. The van der Waals surface area contributed by atoms with E-state index in [1.54, 1.807) is 6.92 Å². The summed E-state index contributed by atoms with van der Waals surface area (Å²) in [6.45, 7) is 2.82. The lowest BCUT2D eigenvalue weighted by atomic mass is 10.1. The Bertz CT molecular complexity index is 873. The number of benzene rings is 2. The highest BCUT2D eigenvalue weighted by molar-refractivity contribution is 6.31. The van der Waals surface area contributed by atoms with E-state index < -0.39 is 12.0 Å². The SMILES string of the molecule is CC(NCc1cn(Cc2ccccc2Cl)c2ccccc12)C(=O)O. The monoisotopic (exact) mass is 342 g/mol. The van der Waals surface area contributed by atoms with Crippen LogP contribution in [0.3, 0.4) is 0 Å². The molecule has 1 heterocycles. The van der Waals surface area contributed by atoms with Crippen LogP contribution >= 0.6 is 11.6 Å².